The molecule has 82 valence electrons. The Morgan fingerprint density at radius 3 is 2.69 bits per heavy atom. The van der Waals surface area contributed by atoms with Gasteiger partial charge in [0.2, 0.25) is 5.91 Å². The quantitative estimate of drug-likeness (QED) is 0.822. The van der Waals surface area contributed by atoms with Crippen molar-refractivity contribution in [2.75, 3.05) is 0 Å². The van der Waals surface area contributed by atoms with Crippen molar-refractivity contribution in [2.45, 2.75) is 13.5 Å². The van der Waals surface area contributed by atoms with Gasteiger partial charge in [-0.05, 0) is 6.92 Å². The van der Waals surface area contributed by atoms with Crippen LogP contribution in [0.4, 0.5) is 0 Å². The maximum absolute atomic E-state index is 10.7. The number of nitrogens with two attached hydrogens (primary N) is 1. The molecule has 1 aromatic carbocycles. The molecule has 5 nitrogen and oxygen atoms in total. The molecule has 0 aliphatic rings. The van der Waals surface area contributed by atoms with Crippen molar-refractivity contribution in [3.63, 3.8) is 0 Å². The SMILES string of the molecule is Cc1ccc(-c2cn(CC(N)=O)nn2)cc1. The van der Waals surface area contributed by atoms with Crippen LogP contribution in [0, 0.1) is 6.92 Å². The molecule has 0 spiro atoms. The topological polar surface area (TPSA) is 73.8 Å². The molecule has 0 unspecified atom stereocenters. The van der Waals surface area contributed by atoms with Crippen LogP contribution < -0.4 is 5.73 Å². The highest BCUT2D eigenvalue weighted by molar-refractivity contribution is 5.73. The van der Waals surface area contributed by atoms with Crippen LogP contribution in [0.25, 0.3) is 11.3 Å². The van der Waals surface area contributed by atoms with Gasteiger partial charge in [-0.2, -0.15) is 0 Å². The molecule has 1 amide bonds. The lowest BCUT2D eigenvalue weighted by Crippen LogP contribution is -2.18. The van der Waals surface area contributed by atoms with E-state index in [4.69, 9.17) is 5.73 Å². The van der Waals surface area contributed by atoms with Crippen molar-refractivity contribution < 1.29 is 4.79 Å². The van der Waals surface area contributed by atoms with Crippen molar-refractivity contribution in [3.8, 4) is 11.3 Å². The molecule has 16 heavy (non-hydrogen) atoms. The number of aryl methyl sites for hydroxylation is 1. The third kappa shape index (κ3) is 2.25. The van der Waals surface area contributed by atoms with Crippen LogP contribution in [-0.2, 0) is 11.3 Å². The summed E-state index contributed by atoms with van der Waals surface area (Å²) in [6.45, 7) is 2.08. The number of amides is 1. The Balaban J connectivity index is 2.24. The van der Waals surface area contributed by atoms with Crippen LogP contribution in [0.2, 0.25) is 0 Å². The molecule has 5 heteroatoms. The molecule has 0 radical (unpaired) electrons. The number of hydrogen-bond donors (Lipinski definition) is 1. The zero-order chi connectivity index (χ0) is 11.5. The van der Waals surface area contributed by atoms with Crippen LogP contribution in [0.5, 0.6) is 0 Å². The van der Waals surface area contributed by atoms with Crippen LogP contribution in [0.3, 0.4) is 0 Å². The standard InChI is InChI=1S/C11H12N4O/c1-8-2-4-9(5-3-8)10-6-15(14-13-10)7-11(12)16/h2-6H,7H2,1H3,(H2,12,16). The first-order chi connectivity index (χ1) is 7.65. The molecule has 0 aliphatic heterocycles. The molecule has 0 aliphatic carbocycles. The number of rotatable bonds is 3. The second kappa shape index (κ2) is 4.14. The molecular weight excluding hydrogens is 204 g/mol. The molecule has 2 N–H and O–H groups in total. The van der Waals surface area contributed by atoms with Gasteiger partial charge in [-0.1, -0.05) is 35.0 Å². The Morgan fingerprint density at radius 2 is 2.06 bits per heavy atom. The Kier molecular flexibility index (Phi) is 2.68. The second-order valence-corrected chi connectivity index (χ2v) is 3.63. The van der Waals surface area contributed by atoms with Crippen molar-refractivity contribution in [1.29, 1.82) is 0 Å². The highest BCUT2D eigenvalue weighted by Gasteiger charge is 2.04. The fourth-order valence-electron chi connectivity index (χ4n) is 1.39. The lowest BCUT2D eigenvalue weighted by molar-refractivity contribution is -0.118. The molecule has 1 heterocycles. The van der Waals surface area contributed by atoms with Gasteiger partial charge in [-0.25, -0.2) is 4.68 Å². The van der Waals surface area contributed by atoms with Crippen molar-refractivity contribution in [2.24, 2.45) is 5.73 Å². The third-order valence-electron chi connectivity index (χ3n) is 2.20. The van der Waals surface area contributed by atoms with E-state index < -0.39 is 5.91 Å². The normalized spacial score (nSPS) is 10.3. The predicted octanol–water partition coefficient (Wildman–Crippen LogP) is 0.739. The number of hydrogen-bond acceptors (Lipinski definition) is 3. The first-order valence-corrected chi connectivity index (χ1v) is 4.90. The summed E-state index contributed by atoms with van der Waals surface area (Å²) >= 11 is 0. The summed E-state index contributed by atoms with van der Waals surface area (Å²) in [6, 6.07) is 7.94. The molecule has 0 bridgehead atoms. The van der Waals surface area contributed by atoms with E-state index in [1.165, 1.54) is 10.2 Å². The zero-order valence-electron chi connectivity index (χ0n) is 8.92. The van der Waals surface area contributed by atoms with Crippen molar-refractivity contribution in [1.82, 2.24) is 15.0 Å². The molecule has 2 rings (SSSR count). The first-order valence-electron chi connectivity index (χ1n) is 4.90. The van der Waals surface area contributed by atoms with Crippen LogP contribution in [-0.4, -0.2) is 20.9 Å². The molecule has 0 saturated carbocycles. The number of carbonyl (C=O) groups is 1. The van der Waals surface area contributed by atoms with E-state index >= 15 is 0 Å². The summed E-state index contributed by atoms with van der Waals surface area (Å²) in [7, 11) is 0. The molecular formula is C11H12N4O. The number of primary amides is 1. The average molecular weight is 216 g/mol. The molecule has 2 aromatic rings. The van der Waals surface area contributed by atoms with Crippen molar-refractivity contribution in [3.05, 3.63) is 36.0 Å². The maximum atomic E-state index is 10.7. The summed E-state index contributed by atoms with van der Waals surface area (Å²) in [6.07, 6.45) is 1.70. The molecule has 0 fully saturated rings. The largest absolute Gasteiger partial charge is 0.368 e. The second-order valence-electron chi connectivity index (χ2n) is 3.63. The maximum Gasteiger partial charge on any atom is 0.239 e. The van der Waals surface area contributed by atoms with Gasteiger partial charge in [0.25, 0.3) is 0 Å². The molecule has 0 atom stereocenters. The van der Waals surface area contributed by atoms with E-state index in [0.717, 1.165) is 11.3 Å². The third-order valence-corrected chi connectivity index (χ3v) is 2.20. The first kappa shape index (κ1) is 10.4. The lowest BCUT2D eigenvalue weighted by Gasteiger charge is -1.96. The predicted molar refractivity (Wildman–Crippen MR) is 59.4 cm³/mol. The summed E-state index contributed by atoms with van der Waals surface area (Å²) in [5.74, 6) is -0.430. The minimum atomic E-state index is -0.430. The summed E-state index contributed by atoms with van der Waals surface area (Å²) in [4.78, 5) is 10.7. The smallest absolute Gasteiger partial charge is 0.239 e. The fraction of sp³-hybridized carbons (Fsp3) is 0.182. The van der Waals surface area contributed by atoms with E-state index in [9.17, 15) is 4.79 Å². The molecule has 1 aromatic heterocycles. The average Bonchev–Trinajstić information content (AvgIpc) is 2.66. The highest BCUT2D eigenvalue weighted by atomic mass is 16.1. The zero-order valence-corrected chi connectivity index (χ0v) is 8.92. The van der Waals surface area contributed by atoms with Gasteiger partial charge in [0.1, 0.15) is 12.2 Å². The van der Waals surface area contributed by atoms with Crippen molar-refractivity contribution >= 4 is 5.91 Å². The number of nitrogens with zero attached hydrogens (tertiary/aromatic N) is 3. The van der Waals surface area contributed by atoms with Crippen LogP contribution in [0.15, 0.2) is 30.5 Å². The molecule has 0 saturated heterocycles. The fourth-order valence-corrected chi connectivity index (χ4v) is 1.39. The van der Waals surface area contributed by atoms with E-state index in [-0.39, 0.29) is 6.54 Å². The summed E-state index contributed by atoms with van der Waals surface area (Å²) in [5, 5.41) is 7.80. The summed E-state index contributed by atoms with van der Waals surface area (Å²) < 4.78 is 1.43. The Hall–Kier alpha value is -2.17. The Morgan fingerprint density at radius 1 is 1.38 bits per heavy atom. The minimum Gasteiger partial charge on any atom is -0.368 e. The van der Waals surface area contributed by atoms with E-state index in [0.29, 0.717) is 0 Å². The number of aromatic nitrogens is 3. The van der Waals surface area contributed by atoms with E-state index in [2.05, 4.69) is 10.3 Å². The Labute approximate surface area is 92.9 Å². The van der Waals surface area contributed by atoms with Gasteiger partial charge in [-0.3, -0.25) is 4.79 Å². The summed E-state index contributed by atoms with van der Waals surface area (Å²) in [5.41, 5.74) is 7.96. The monoisotopic (exact) mass is 216 g/mol. The lowest BCUT2D eigenvalue weighted by atomic mass is 10.1. The van der Waals surface area contributed by atoms with Crippen LogP contribution >= 0.6 is 0 Å². The van der Waals surface area contributed by atoms with E-state index in [1.807, 2.05) is 31.2 Å². The number of benzene rings is 1. The van der Waals surface area contributed by atoms with Gasteiger partial charge < -0.3 is 5.73 Å². The van der Waals surface area contributed by atoms with Gasteiger partial charge in [0.15, 0.2) is 0 Å². The number of carbonyl (C=O) groups excluding carboxylic acids is 1. The van der Waals surface area contributed by atoms with Crippen LogP contribution in [0.1, 0.15) is 5.56 Å². The Bertz CT molecular complexity index is 501. The minimum absolute atomic E-state index is 0.0544. The van der Waals surface area contributed by atoms with Gasteiger partial charge in [0, 0.05) is 5.56 Å². The van der Waals surface area contributed by atoms with Gasteiger partial charge in [0.05, 0.1) is 6.20 Å². The van der Waals surface area contributed by atoms with Gasteiger partial charge >= 0.3 is 0 Å². The van der Waals surface area contributed by atoms with Gasteiger partial charge in [-0.15, -0.1) is 5.10 Å². The van der Waals surface area contributed by atoms with E-state index in [1.54, 1.807) is 6.20 Å². The highest BCUT2D eigenvalue weighted by Crippen LogP contribution is 2.16.